The largest absolute Gasteiger partial charge is 0.444 e. The molecule has 48 heavy (non-hydrogen) atoms. The number of fused-ring (bicyclic) bond motifs is 2. The van der Waals surface area contributed by atoms with Crippen LogP contribution >= 0.6 is 22.9 Å². The van der Waals surface area contributed by atoms with Crippen LogP contribution in [-0.4, -0.2) is 71.3 Å². The first-order chi connectivity index (χ1) is 22.5. The van der Waals surface area contributed by atoms with E-state index in [4.69, 9.17) is 21.1 Å². The number of anilines is 2. The number of carbonyl (C=O) groups is 3. The number of ether oxygens (including phenoxy) is 2. The highest BCUT2D eigenvalue weighted by Crippen LogP contribution is 2.50. The molecule has 3 aliphatic rings. The highest BCUT2D eigenvalue weighted by molar-refractivity contribution is 7.23. The van der Waals surface area contributed by atoms with Gasteiger partial charge in [-0.15, -0.1) is 11.3 Å². The number of nitrogens with one attached hydrogen (secondary N) is 2. The average molecular weight is 701 g/mol. The van der Waals surface area contributed by atoms with Crippen LogP contribution in [0.1, 0.15) is 74.9 Å². The SMILES string of the molecule is CC(C)(C)OC(=O)Nc1sc2c(F)ccc(-c3c(F)cc4c5c3C(Cl)NN5CC[C@@H]3CN(C(=O)OC(C)(C)C)CCN3C4=O)c2c1C#N. The second-order valence-electron chi connectivity index (χ2n) is 13.9. The minimum absolute atomic E-state index is 0.00605. The molecular formula is C33H35ClF2N6O5S. The summed E-state index contributed by atoms with van der Waals surface area (Å²) in [6.45, 7) is 11.5. The van der Waals surface area contributed by atoms with E-state index in [9.17, 15) is 19.6 Å². The lowest BCUT2D eigenvalue weighted by molar-refractivity contribution is 0.00342. The highest BCUT2D eigenvalue weighted by Gasteiger charge is 2.43. The first kappa shape index (κ1) is 33.7. The number of carbonyl (C=O) groups excluding carboxylic acids is 3. The third-order valence-corrected chi connectivity index (χ3v) is 9.61. The van der Waals surface area contributed by atoms with Gasteiger partial charge in [-0.3, -0.25) is 10.1 Å². The van der Waals surface area contributed by atoms with Gasteiger partial charge in [-0.2, -0.15) is 5.26 Å². The van der Waals surface area contributed by atoms with Gasteiger partial charge in [0.05, 0.1) is 27.6 Å². The number of nitriles is 1. The van der Waals surface area contributed by atoms with Gasteiger partial charge in [0.25, 0.3) is 5.91 Å². The molecule has 0 spiro atoms. The first-order valence-electron chi connectivity index (χ1n) is 15.5. The molecule has 0 bridgehead atoms. The van der Waals surface area contributed by atoms with Crippen LogP contribution < -0.4 is 15.8 Å². The van der Waals surface area contributed by atoms with Crippen molar-refractivity contribution in [3.8, 4) is 17.2 Å². The van der Waals surface area contributed by atoms with Gasteiger partial charge in [-0.1, -0.05) is 17.7 Å². The van der Waals surface area contributed by atoms with Crippen LogP contribution in [-0.2, 0) is 9.47 Å². The zero-order chi connectivity index (χ0) is 34.9. The number of benzene rings is 2. The Hall–Kier alpha value is -4.19. The summed E-state index contributed by atoms with van der Waals surface area (Å²) in [6.07, 6.45) is -0.824. The summed E-state index contributed by atoms with van der Waals surface area (Å²) >= 11 is 7.68. The molecule has 3 amide bonds. The van der Waals surface area contributed by atoms with E-state index < -0.39 is 46.4 Å². The van der Waals surface area contributed by atoms with E-state index in [0.29, 0.717) is 18.7 Å². The highest BCUT2D eigenvalue weighted by atomic mass is 35.5. The van der Waals surface area contributed by atoms with Crippen LogP contribution in [0.3, 0.4) is 0 Å². The van der Waals surface area contributed by atoms with Crippen LogP contribution in [0.2, 0.25) is 0 Å². The predicted molar refractivity (Wildman–Crippen MR) is 178 cm³/mol. The van der Waals surface area contributed by atoms with Crippen LogP contribution in [0.4, 0.5) is 29.1 Å². The number of hydrogen-bond acceptors (Lipinski definition) is 9. The normalized spacial score (nSPS) is 19.3. The van der Waals surface area contributed by atoms with Crippen LogP contribution in [0, 0.1) is 23.0 Å². The maximum Gasteiger partial charge on any atom is 0.412 e. The Morgan fingerprint density at radius 1 is 1.06 bits per heavy atom. The van der Waals surface area contributed by atoms with E-state index in [0.717, 1.165) is 17.4 Å². The Kier molecular flexibility index (Phi) is 8.46. The minimum atomic E-state index is -0.978. The zero-order valence-electron chi connectivity index (χ0n) is 27.3. The number of amides is 3. The lowest BCUT2D eigenvalue weighted by Gasteiger charge is -2.43. The topological polar surface area (TPSA) is 127 Å². The third kappa shape index (κ3) is 6.10. The van der Waals surface area contributed by atoms with E-state index in [1.54, 1.807) is 56.4 Å². The molecule has 2 atom stereocenters. The number of rotatable bonds is 2. The standard InChI is InChI=1S/C33H35ClF2N6O5S/c1-32(2,3)46-30(44)38-28-19(14-37)22-17(7-8-20(35)26(22)48-28)23-21(36)13-18-25-24(23)27(34)39-42(25)10-9-16-15-40(11-12-41(16)29(18)43)31(45)47-33(4,5)6/h7-8,13,16,27,39H,9-12,15H2,1-6H3,(H,38,44)/t16-,27?/m1/s1. The molecule has 0 saturated carbocycles. The van der Waals surface area contributed by atoms with Gasteiger partial charge in [0, 0.05) is 42.7 Å². The quantitative estimate of drug-likeness (QED) is 0.214. The smallest absolute Gasteiger partial charge is 0.412 e. The van der Waals surface area contributed by atoms with Crippen LogP contribution in [0.25, 0.3) is 21.2 Å². The van der Waals surface area contributed by atoms with E-state index in [1.807, 2.05) is 6.07 Å². The third-order valence-electron chi connectivity index (χ3n) is 8.18. The molecule has 3 aromatic rings. The predicted octanol–water partition coefficient (Wildman–Crippen LogP) is 7.09. The molecule has 0 aliphatic carbocycles. The molecule has 0 radical (unpaired) electrons. The molecule has 15 heteroatoms. The van der Waals surface area contributed by atoms with Crippen molar-refractivity contribution in [2.24, 2.45) is 0 Å². The molecule has 1 unspecified atom stereocenters. The number of halogens is 3. The summed E-state index contributed by atoms with van der Waals surface area (Å²) < 4.78 is 42.7. The van der Waals surface area contributed by atoms with E-state index >= 15 is 8.78 Å². The number of nitrogens with zero attached hydrogens (tertiary/aromatic N) is 4. The number of thiophene rings is 1. The van der Waals surface area contributed by atoms with Crippen molar-refractivity contribution >= 4 is 61.8 Å². The maximum atomic E-state index is 16.5. The number of piperazine rings is 1. The molecule has 4 heterocycles. The molecule has 2 N–H and O–H groups in total. The second kappa shape index (κ2) is 12.0. The fourth-order valence-corrected chi connectivity index (χ4v) is 7.74. The maximum absolute atomic E-state index is 16.5. The monoisotopic (exact) mass is 700 g/mol. The van der Waals surface area contributed by atoms with Crippen molar-refractivity contribution in [2.75, 3.05) is 36.5 Å². The van der Waals surface area contributed by atoms with Crippen molar-refractivity contribution in [3.63, 3.8) is 0 Å². The molecule has 1 aromatic heterocycles. The van der Waals surface area contributed by atoms with Gasteiger partial charge < -0.3 is 24.3 Å². The Bertz CT molecular complexity index is 1900. The number of hydrazine groups is 1. The lowest BCUT2D eigenvalue weighted by Crippen LogP contribution is -2.58. The molecule has 2 aromatic carbocycles. The number of hydrogen-bond donors (Lipinski definition) is 2. The Morgan fingerprint density at radius 3 is 2.44 bits per heavy atom. The van der Waals surface area contributed by atoms with E-state index in [2.05, 4.69) is 10.7 Å². The van der Waals surface area contributed by atoms with Gasteiger partial charge in [0.2, 0.25) is 0 Å². The minimum Gasteiger partial charge on any atom is -0.444 e. The molecule has 1 saturated heterocycles. The Morgan fingerprint density at radius 2 is 1.77 bits per heavy atom. The fraction of sp³-hybridized carbons (Fsp3) is 0.455. The zero-order valence-corrected chi connectivity index (χ0v) is 28.9. The van der Waals surface area contributed by atoms with E-state index in [-0.39, 0.29) is 68.6 Å². The van der Waals surface area contributed by atoms with Gasteiger partial charge in [-0.05, 0) is 65.7 Å². The van der Waals surface area contributed by atoms with Crippen molar-refractivity contribution in [2.45, 2.75) is 70.7 Å². The van der Waals surface area contributed by atoms with Crippen molar-refractivity contribution in [1.29, 1.82) is 5.26 Å². The second-order valence-corrected chi connectivity index (χ2v) is 15.4. The van der Waals surface area contributed by atoms with Crippen molar-refractivity contribution in [3.05, 3.63) is 46.5 Å². The Labute approximate surface area is 285 Å². The lowest BCUT2D eigenvalue weighted by atomic mass is 9.90. The van der Waals surface area contributed by atoms with Crippen molar-refractivity contribution in [1.82, 2.24) is 15.2 Å². The fourth-order valence-electron chi connectivity index (χ4n) is 6.34. The summed E-state index contributed by atoms with van der Waals surface area (Å²) in [7, 11) is 0. The van der Waals surface area contributed by atoms with Gasteiger partial charge >= 0.3 is 12.2 Å². The molecule has 1 fully saturated rings. The summed E-state index contributed by atoms with van der Waals surface area (Å²) in [5.41, 5.74) is 1.54. The van der Waals surface area contributed by atoms with Crippen LogP contribution in [0.5, 0.6) is 0 Å². The van der Waals surface area contributed by atoms with Gasteiger partial charge in [0.1, 0.15) is 39.4 Å². The number of alkyl halides is 1. The van der Waals surface area contributed by atoms with Crippen LogP contribution in [0.15, 0.2) is 18.2 Å². The molecule has 6 rings (SSSR count). The molecule has 254 valence electrons. The van der Waals surface area contributed by atoms with E-state index in [1.165, 1.54) is 12.1 Å². The summed E-state index contributed by atoms with van der Waals surface area (Å²) in [6, 6.07) is 5.37. The summed E-state index contributed by atoms with van der Waals surface area (Å²) in [5, 5.41) is 14.6. The van der Waals surface area contributed by atoms with Gasteiger partial charge in [-0.25, -0.2) is 23.8 Å². The Balaban J connectivity index is 1.43. The average Bonchev–Trinajstić information content (AvgIpc) is 3.51. The van der Waals surface area contributed by atoms with Crippen molar-refractivity contribution < 1.29 is 32.6 Å². The van der Waals surface area contributed by atoms with Gasteiger partial charge in [0.15, 0.2) is 0 Å². The molecule has 3 aliphatic heterocycles. The molecule has 11 nitrogen and oxygen atoms in total. The molecular weight excluding hydrogens is 666 g/mol. The summed E-state index contributed by atoms with van der Waals surface area (Å²) in [5.74, 6) is -1.87. The summed E-state index contributed by atoms with van der Waals surface area (Å²) in [4.78, 5) is 42.8. The first-order valence-corrected chi connectivity index (χ1v) is 16.7.